The molecule has 0 heterocycles. The fourth-order valence-corrected chi connectivity index (χ4v) is 15.4. The van der Waals surface area contributed by atoms with E-state index in [2.05, 4.69) is 71.0 Å². The van der Waals surface area contributed by atoms with Crippen molar-refractivity contribution in [2.24, 2.45) is 5.92 Å². The van der Waals surface area contributed by atoms with E-state index in [0.29, 0.717) is 21.7 Å². The summed E-state index contributed by atoms with van der Waals surface area (Å²) in [5.41, 5.74) is 4.18. The van der Waals surface area contributed by atoms with E-state index in [1.807, 2.05) is 0 Å². The highest BCUT2D eigenvalue weighted by molar-refractivity contribution is 7.74. The molecule has 0 radical (unpaired) electrons. The summed E-state index contributed by atoms with van der Waals surface area (Å²) < 4.78 is 84.9. The number of hydrogen-bond donors (Lipinski definition) is 0. The smallest absolute Gasteiger partial charge is 0.166 e. The van der Waals surface area contributed by atoms with Crippen LogP contribution >= 0.6 is 15.8 Å². The fourth-order valence-electron chi connectivity index (χ4n) is 8.39. The summed E-state index contributed by atoms with van der Waals surface area (Å²) >= 11 is 0. The molecule has 8 heteroatoms. The van der Waals surface area contributed by atoms with Crippen molar-refractivity contribution < 1.29 is 26.3 Å². The fraction of sp³-hybridized carbons (Fsp3) is 0.455. The van der Waals surface area contributed by atoms with E-state index in [4.69, 9.17) is 0 Å². The molecule has 3 atom stereocenters. The molecule has 0 spiro atoms. The Kier molecular flexibility index (Phi) is 13.1. The molecular weight excluding hydrogens is 704 g/mol. The van der Waals surface area contributed by atoms with Gasteiger partial charge in [-0.2, -0.15) is 26.3 Å². The van der Waals surface area contributed by atoms with E-state index in [9.17, 15) is 26.3 Å². The van der Waals surface area contributed by atoms with Gasteiger partial charge in [-0.05, 0) is 144 Å². The summed E-state index contributed by atoms with van der Waals surface area (Å²) in [6, 6.07) is 21.5. The van der Waals surface area contributed by atoms with Crippen LogP contribution in [0.4, 0.5) is 26.3 Å². The highest BCUT2D eigenvalue weighted by Gasteiger charge is 2.43. The number of hydrogen-bond acceptors (Lipinski definition) is 0. The largest absolute Gasteiger partial charge is 0.416 e. The first-order chi connectivity index (χ1) is 24.4. The Labute approximate surface area is 309 Å². The maximum absolute atomic E-state index is 14.2. The summed E-state index contributed by atoms with van der Waals surface area (Å²) in [5, 5.41) is 3.51. The lowest BCUT2D eigenvalue weighted by Gasteiger charge is -2.38. The van der Waals surface area contributed by atoms with Crippen LogP contribution in [0.1, 0.15) is 103 Å². The Balaban J connectivity index is 0.000000962. The van der Waals surface area contributed by atoms with Gasteiger partial charge in [0, 0.05) is 0 Å². The van der Waals surface area contributed by atoms with Crippen LogP contribution in [0.5, 0.6) is 0 Å². The van der Waals surface area contributed by atoms with Crippen molar-refractivity contribution in [1.29, 1.82) is 0 Å². The van der Waals surface area contributed by atoms with E-state index in [0.717, 1.165) is 31.4 Å². The van der Waals surface area contributed by atoms with Crippen molar-refractivity contribution in [1.82, 2.24) is 0 Å². The Hall–Kier alpha value is -2.68. The van der Waals surface area contributed by atoms with Gasteiger partial charge in [-0.3, -0.25) is 0 Å². The molecule has 2 unspecified atom stereocenters. The molecule has 0 aliphatic heterocycles. The van der Waals surface area contributed by atoms with Gasteiger partial charge < -0.3 is 0 Å². The van der Waals surface area contributed by atoms with E-state index < -0.39 is 39.3 Å². The van der Waals surface area contributed by atoms with Crippen LogP contribution in [-0.4, -0.2) is 11.3 Å². The minimum Gasteiger partial charge on any atom is -0.166 e. The summed E-state index contributed by atoms with van der Waals surface area (Å²) in [6.07, 6.45) is 0.906. The first-order valence-electron chi connectivity index (χ1n) is 18.5. The molecular formula is C44H52F6P2. The Bertz CT molecular complexity index is 1670. The van der Waals surface area contributed by atoms with E-state index in [-0.39, 0.29) is 17.2 Å². The number of halogens is 6. The zero-order chi connectivity index (χ0) is 38.0. The van der Waals surface area contributed by atoms with Crippen LogP contribution in [0, 0.1) is 47.5 Å². The Morgan fingerprint density at radius 2 is 0.808 bits per heavy atom. The van der Waals surface area contributed by atoms with Crippen molar-refractivity contribution in [3.05, 3.63) is 117 Å². The Morgan fingerprint density at radius 3 is 1.17 bits per heavy atom. The molecule has 6 rings (SSSR count). The maximum Gasteiger partial charge on any atom is 0.416 e. The van der Waals surface area contributed by atoms with Crippen molar-refractivity contribution >= 4 is 37.1 Å². The van der Waals surface area contributed by atoms with Gasteiger partial charge in [0.2, 0.25) is 0 Å². The third kappa shape index (κ3) is 10.1. The highest BCUT2D eigenvalue weighted by Crippen LogP contribution is 2.57. The van der Waals surface area contributed by atoms with Crippen LogP contribution in [-0.2, 0) is 12.4 Å². The van der Waals surface area contributed by atoms with E-state index >= 15 is 0 Å². The highest BCUT2D eigenvalue weighted by atomic mass is 31.1. The molecule has 52 heavy (non-hydrogen) atoms. The number of benzene rings is 4. The second-order valence-electron chi connectivity index (χ2n) is 15.2. The molecule has 0 N–H and O–H groups in total. The molecule has 4 aromatic carbocycles. The molecule has 2 aliphatic carbocycles. The molecule has 0 aromatic heterocycles. The lowest BCUT2D eigenvalue weighted by molar-refractivity contribution is -0.138. The van der Waals surface area contributed by atoms with Gasteiger partial charge >= 0.3 is 12.4 Å². The third-order valence-corrected chi connectivity index (χ3v) is 16.2. The second-order valence-corrected chi connectivity index (χ2v) is 20.2. The topological polar surface area (TPSA) is 0 Å². The molecule has 0 saturated heterocycles. The average Bonchev–Trinajstić information content (AvgIpc) is 3.76. The van der Waals surface area contributed by atoms with Crippen LogP contribution in [0.3, 0.4) is 0 Å². The van der Waals surface area contributed by atoms with E-state index in [1.165, 1.54) is 77.1 Å². The average molecular weight is 757 g/mol. The van der Waals surface area contributed by atoms with Gasteiger partial charge in [-0.1, -0.05) is 116 Å². The van der Waals surface area contributed by atoms with Gasteiger partial charge in [0.05, 0.1) is 11.1 Å². The molecule has 280 valence electrons. The predicted octanol–water partition coefficient (Wildman–Crippen LogP) is 12.6. The van der Waals surface area contributed by atoms with Crippen molar-refractivity contribution in [2.75, 3.05) is 0 Å². The molecule has 0 nitrogen and oxygen atoms in total. The van der Waals surface area contributed by atoms with Crippen molar-refractivity contribution in [3.8, 4) is 0 Å². The number of aryl methyl sites for hydroxylation is 6. The normalized spacial score (nSPS) is 18.5. The van der Waals surface area contributed by atoms with Gasteiger partial charge in [-0.15, -0.1) is 0 Å². The predicted molar refractivity (Wildman–Crippen MR) is 210 cm³/mol. The molecule has 2 aliphatic rings. The third-order valence-electron chi connectivity index (χ3n) is 10.4. The Morgan fingerprint density at radius 1 is 0.462 bits per heavy atom. The molecule has 2 fully saturated rings. The molecule has 0 amide bonds. The minimum atomic E-state index is -4.56. The minimum absolute atomic E-state index is 0.0763. The van der Waals surface area contributed by atoms with Crippen molar-refractivity contribution in [3.63, 3.8) is 0 Å². The van der Waals surface area contributed by atoms with Crippen molar-refractivity contribution in [2.45, 2.75) is 124 Å². The first-order valence-corrected chi connectivity index (χ1v) is 21.4. The SMILES string of the molecule is C1CCCC1.Cc1cc(C)cc(P(c2cc(C)cc(C)c2)[C@H](C)C2CCCC2P(c2cc(C)cc(C(F)(F)F)c2)c2cc(C)cc(C(F)(F)F)c2)c1. The summed E-state index contributed by atoms with van der Waals surface area (Å²) in [5.74, 6) is 0.110. The molecule has 2 saturated carbocycles. The van der Waals surface area contributed by atoms with Gasteiger partial charge in [-0.25, -0.2) is 0 Å². The van der Waals surface area contributed by atoms with Crippen LogP contribution in [0.15, 0.2) is 72.8 Å². The second kappa shape index (κ2) is 16.8. The molecule has 4 aromatic rings. The zero-order valence-electron chi connectivity index (χ0n) is 31.5. The van der Waals surface area contributed by atoms with Crippen LogP contribution < -0.4 is 21.2 Å². The summed E-state index contributed by atoms with van der Waals surface area (Å²) in [7, 11) is -2.45. The lowest BCUT2D eigenvalue weighted by atomic mass is 10.0. The van der Waals surface area contributed by atoms with Crippen LogP contribution in [0.25, 0.3) is 0 Å². The summed E-state index contributed by atoms with van der Waals surface area (Å²) in [4.78, 5) is 0. The lowest BCUT2D eigenvalue weighted by Crippen LogP contribution is -2.34. The van der Waals surface area contributed by atoms with E-state index in [1.54, 1.807) is 26.0 Å². The number of rotatable bonds is 7. The van der Waals surface area contributed by atoms with Gasteiger partial charge in [0.1, 0.15) is 0 Å². The maximum atomic E-state index is 14.2. The quantitative estimate of drug-likeness (QED) is 0.130. The van der Waals surface area contributed by atoms with Gasteiger partial charge in [0.25, 0.3) is 0 Å². The number of alkyl halides is 6. The first kappa shape index (κ1) is 40.5. The monoisotopic (exact) mass is 756 g/mol. The molecule has 0 bridgehead atoms. The summed E-state index contributed by atoms with van der Waals surface area (Å²) in [6.45, 7) is 13.9. The standard InChI is InChI=1S/C39H42F6P2.C5H10/c1-23-11-24(2)16-32(15-23)46(33-17-25(3)12-26(4)18-33)29(7)36-9-8-10-37(36)47(34-19-27(5)13-30(21-34)38(40,41)42)35-20-28(6)14-31(22-35)39(43,44)45;1-2-4-5-3-1/h11-22,29,36-37H,8-10H2,1-7H3;1-5H2/t29-,36?,37?;/m1./s1. The van der Waals surface area contributed by atoms with Gasteiger partial charge in [0.15, 0.2) is 0 Å². The van der Waals surface area contributed by atoms with Crippen LogP contribution in [0.2, 0.25) is 0 Å². The zero-order valence-corrected chi connectivity index (χ0v) is 33.3.